The van der Waals surface area contributed by atoms with Crippen molar-refractivity contribution in [2.24, 2.45) is 16.1 Å². The SMILES string of the molecule is C=C(C)O/N=C\N=C(\NCCO)NCC1CCC1. The van der Waals surface area contributed by atoms with E-state index in [1.807, 2.05) is 0 Å². The van der Waals surface area contributed by atoms with Gasteiger partial charge in [-0.05, 0) is 25.7 Å². The molecule has 0 atom stereocenters. The number of oxime groups is 1. The first-order valence-corrected chi connectivity index (χ1v) is 6.23. The molecule has 3 N–H and O–H groups in total. The minimum Gasteiger partial charge on any atom is -0.395 e. The second-order valence-electron chi connectivity index (χ2n) is 4.32. The minimum atomic E-state index is 0.0591. The summed E-state index contributed by atoms with van der Waals surface area (Å²) < 4.78 is 0. The summed E-state index contributed by atoms with van der Waals surface area (Å²) >= 11 is 0. The fraction of sp³-hybridized carbons (Fsp3) is 0.667. The normalized spacial score (nSPS) is 16.4. The zero-order valence-electron chi connectivity index (χ0n) is 10.9. The van der Waals surface area contributed by atoms with E-state index in [0.717, 1.165) is 12.5 Å². The lowest BCUT2D eigenvalue weighted by Gasteiger charge is -2.26. The van der Waals surface area contributed by atoms with Crippen LogP contribution in [0.3, 0.4) is 0 Å². The molecule has 1 rings (SSSR count). The lowest BCUT2D eigenvalue weighted by molar-refractivity contribution is 0.233. The van der Waals surface area contributed by atoms with Crippen molar-refractivity contribution in [2.75, 3.05) is 19.7 Å². The summed E-state index contributed by atoms with van der Waals surface area (Å²) in [6.45, 7) is 6.66. The van der Waals surface area contributed by atoms with Crippen LogP contribution in [0.2, 0.25) is 0 Å². The fourth-order valence-corrected chi connectivity index (χ4v) is 1.46. The number of aliphatic imine (C=N–C) groups is 1. The summed E-state index contributed by atoms with van der Waals surface area (Å²) in [6.07, 6.45) is 5.17. The molecule has 0 bridgehead atoms. The Hall–Kier alpha value is -1.56. The van der Waals surface area contributed by atoms with Crippen molar-refractivity contribution in [1.82, 2.24) is 10.6 Å². The van der Waals surface area contributed by atoms with Gasteiger partial charge in [0.2, 0.25) is 0 Å². The Morgan fingerprint density at radius 3 is 2.83 bits per heavy atom. The van der Waals surface area contributed by atoms with Crippen LogP contribution in [0.25, 0.3) is 0 Å². The van der Waals surface area contributed by atoms with Gasteiger partial charge in [0.05, 0.1) is 6.61 Å². The minimum absolute atomic E-state index is 0.0591. The number of nitrogens with one attached hydrogen (secondary N) is 2. The van der Waals surface area contributed by atoms with E-state index in [4.69, 9.17) is 9.94 Å². The van der Waals surface area contributed by atoms with Crippen molar-refractivity contribution >= 4 is 12.3 Å². The molecule has 0 aromatic rings. The molecular formula is C12H22N4O2. The summed E-state index contributed by atoms with van der Waals surface area (Å²) in [5.74, 6) is 1.84. The molecule has 0 unspecified atom stereocenters. The average molecular weight is 254 g/mol. The number of allylic oxidation sites excluding steroid dienone is 1. The average Bonchev–Trinajstić information content (AvgIpc) is 2.28. The molecule has 6 heteroatoms. The van der Waals surface area contributed by atoms with Gasteiger partial charge in [0.25, 0.3) is 0 Å². The Morgan fingerprint density at radius 1 is 1.50 bits per heavy atom. The first kappa shape index (κ1) is 14.5. The van der Waals surface area contributed by atoms with Gasteiger partial charge in [-0.25, -0.2) is 0 Å². The maximum Gasteiger partial charge on any atom is 0.197 e. The van der Waals surface area contributed by atoms with Crippen LogP contribution in [0.5, 0.6) is 0 Å². The standard InChI is InChI=1S/C12H22N4O2/c1-10(2)18-16-9-15-12(13-6-7-17)14-8-11-4-3-5-11/h9,11,17H,1,3-8H2,2H3,(H2,13,14,15,16). The van der Waals surface area contributed by atoms with E-state index < -0.39 is 0 Å². The number of guanidine groups is 1. The summed E-state index contributed by atoms with van der Waals surface area (Å²) in [5, 5.41) is 18.6. The number of rotatable bonds is 7. The highest BCUT2D eigenvalue weighted by Gasteiger charge is 2.17. The van der Waals surface area contributed by atoms with Crippen molar-refractivity contribution < 1.29 is 9.94 Å². The molecule has 0 amide bonds. The first-order valence-electron chi connectivity index (χ1n) is 6.23. The van der Waals surface area contributed by atoms with E-state index in [0.29, 0.717) is 18.3 Å². The van der Waals surface area contributed by atoms with Crippen molar-refractivity contribution in [1.29, 1.82) is 0 Å². The van der Waals surface area contributed by atoms with Gasteiger partial charge in [0, 0.05) is 13.1 Å². The number of hydrogen-bond acceptors (Lipinski definition) is 3. The Morgan fingerprint density at radius 2 is 2.28 bits per heavy atom. The topological polar surface area (TPSA) is 78.2 Å². The van der Waals surface area contributed by atoms with E-state index in [9.17, 15) is 0 Å². The van der Waals surface area contributed by atoms with E-state index >= 15 is 0 Å². The van der Waals surface area contributed by atoms with E-state index in [-0.39, 0.29) is 6.61 Å². The van der Waals surface area contributed by atoms with Crippen LogP contribution >= 0.6 is 0 Å². The molecule has 0 aromatic heterocycles. The molecule has 102 valence electrons. The van der Waals surface area contributed by atoms with Crippen LogP contribution in [0, 0.1) is 5.92 Å². The Kier molecular flexibility index (Phi) is 6.86. The fourth-order valence-electron chi connectivity index (χ4n) is 1.46. The zero-order chi connectivity index (χ0) is 13.2. The Labute approximate surface area is 108 Å². The number of nitrogens with zero attached hydrogens (tertiary/aromatic N) is 2. The second kappa shape index (κ2) is 8.52. The molecule has 0 saturated heterocycles. The van der Waals surface area contributed by atoms with Gasteiger partial charge in [-0.1, -0.05) is 18.2 Å². The molecule has 1 aliphatic rings. The predicted molar refractivity (Wildman–Crippen MR) is 72.3 cm³/mol. The van der Waals surface area contributed by atoms with Gasteiger partial charge in [-0.3, -0.25) is 0 Å². The maximum absolute atomic E-state index is 8.78. The molecule has 1 aliphatic carbocycles. The third-order valence-corrected chi connectivity index (χ3v) is 2.63. The summed E-state index contributed by atoms with van der Waals surface area (Å²) in [7, 11) is 0. The van der Waals surface area contributed by atoms with Crippen LogP contribution in [0.15, 0.2) is 22.5 Å². The highest BCUT2D eigenvalue weighted by atomic mass is 16.6. The maximum atomic E-state index is 8.78. The van der Waals surface area contributed by atoms with Crippen LogP contribution < -0.4 is 10.6 Å². The van der Waals surface area contributed by atoms with Gasteiger partial charge in [0.1, 0.15) is 5.76 Å². The molecule has 0 aromatic carbocycles. The zero-order valence-corrected chi connectivity index (χ0v) is 10.9. The van der Waals surface area contributed by atoms with Crippen molar-refractivity contribution in [3.8, 4) is 0 Å². The molecular weight excluding hydrogens is 232 g/mol. The number of aliphatic hydroxyl groups is 1. The van der Waals surface area contributed by atoms with Crippen LogP contribution in [-0.2, 0) is 4.84 Å². The third kappa shape index (κ3) is 6.24. The Balaban J connectivity index is 2.33. The monoisotopic (exact) mass is 254 g/mol. The molecule has 0 spiro atoms. The molecule has 1 fully saturated rings. The number of hydrogen-bond donors (Lipinski definition) is 3. The van der Waals surface area contributed by atoms with E-state index in [1.54, 1.807) is 6.92 Å². The molecule has 0 radical (unpaired) electrons. The quantitative estimate of drug-likeness (QED) is 0.272. The van der Waals surface area contributed by atoms with Gasteiger partial charge in [0.15, 0.2) is 12.3 Å². The summed E-state index contributed by atoms with van der Waals surface area (Å²) in [5.41, 5.74) is 0. The van der Waals surface area contributed by atoms with Crippen molar-refractivity contribution in [2.45, 2.75) is 26.2 Å². The van der Waals surface area contributed by atoms with Gasteiger partial charge in [-0.2, -0.15) is 4.99 Å². The summed E-state index contributed by atoms with van der Waals surface area (Å²) in [6, 6.07) is 0. The van der Waals surface area contributed by atoms with Crippen molar-refractivity contribution in [3.05, 3.63) is 12.3 Å². The second-order valence-corrected chi connectivity index (χ2v) is 4.32. The van der Waals surface area contributed by atoms with Crippen LogP contribution in [0.4, 0.5) is 0 Å². The highest BCUT2D eigenvalue weighted by molar-refractivity contribution is 5.86. The highest BCUT2D eigenvalue weighted by Crippen LogP contribution is 2.24. The largest absolute Gasteiger partial charge is 0.395 e. The number of aliphatic hydroxyl groups excluding tert-OH is 1. The molecule has 6 nitrogen and oxygen atoms in total. The predicted octanol–water partition coefficient (Wildman–Crippen LogP) is 0.807. The molecule has 0 aliphatic heterocycles. The first-order chi connectivity index (χ1) is 8.72. The lowest BCUT2D eigenvalue weighted by Crippen LogP contribution is -2.42. The van der Waals surface area contributed by atoms with E-state index in [1.165, 1.54) is 25.6 Å². The van der Waals surface area contributed by atoms with Crippen LogP contribution in [0.1, 0.15) is 26.2 Å². The molecule has 0 heterocycles. The third-order valence-electron chi connectivity index (χ3n) is 2.63. The van der Waals surface area contributed by atoms with Crippen LogP contribution in [-0.4, -0.2) is 37.1 Å². The van der Waals surface area contributed by atoms with Gasteiger partial charge < -0.3 is 20.6 Å². The van der Waals surface area contributed by atoms with Gasteiger partial charge in [-0.15, -0.1) is 0 Å². The van der Waals surface area contributed by atoms with Gasteiger partial charge >= 0.3 is 0 Å². The summed E-state index contributed by atoms with van der Waals surface area (Å²) in [4.78, 5) is 8.91. The molecule has 1 saturated carbocycles. The van der Waals surface area contributed by atoms with Crippen molar-refractivity contribution in [3.63, 3.8) is 0 Å². The smallest absolute Gasteiger partial charge is 0.197 e. The molecule has 18 heavy (non-hydrogen) atoms. The van der Waals surface area contributed by atoms with E-state index in [2.05, 4.69) is 27.4 Å². The Bertz CT molecular complexity index is 311. The lowest BCUT2D eigenvalue weighted by atomic mass is 9.85.